The van der Waals surface area contributed by atoms with Gasteiger partial charge in [0.25, 0.3) is 5.56 Å². The van der Waals surface area contributed by atoms with Gasteiger partial charge in [-0.3, -0.25) is 14.9 Å². The number of hydrogen-bond acceptors (Lipinski definition) is 4. The average Bonchev–Trinajstić information content (AvgIpc) is 3.05. The number of nitrogens with zero attached hydrogens (tertiary/aromatic N) is 2. The minimum absolute atomic E-state index is 0.0882. The normalized spacial score (nSPS) is 11.5. The molecule has 0 bridgehead atoms. The number of benzene rings is 1. The van der Waals surface area contributed by atoms with Gasteiger partial charge in [-0.1, -0.05) is 6.07 Å². The Bertz CT molecular complexity index is 1180. The number of nitrogens with one attached hydrogen (secondary N) is 2. The van der Waals surface area contributed by atoms with E-state index in [2.05, 4.69) is 20.2 Å². The Balaban J connectivity index is 2.27. The monoisotopic (exact) mass is 323 g/mol. The first kappa shape index (κ1) is 14.4. The lowest BCUT2D eigenvalue weighted by atomic mass is 9.94. The molecule has 120 valence electrons. The number of fused-ring (bicyclic) bond motifs is 2. The fourth-order valence-corrected chi connectivity index (χ4v) is 3.10. The molecule has 0 spiro atoms. The van der Waals surface area contributed by atoms with Crippen LogP contribution in [0.5, 0.6) is 0 Å². The van der Waals surface area contributed by atoms with Crippen molar-refractivity contribution in [3.63, 3.8) is 0 Å². The molecule has 24 heavy (non-hydrogen) atoms. The molecule has 0 saturated carbocycles. The highest BCUT2D eigenvalue weighted by Crippen LogP contribution is 2.37. The lowest BCUT2D eigenvalue weighted by molar-refractivity contribution is 0.636. The van der Waals surface area contributed by atoms with E-state index in [1.54, 1.807) is 12.3 Å². The number of anilines is 1. The first-order valence-electron chi connectivity index (χ1n) is 7.38. The predicted molar refractivity (Wildman–Crippen MR) is 91.3 cm³/mol. The van der Waals surface area contributed by atoms with Crippen molar-refractivity contribution < 1.29 is 4.39 Å². The number of H-pyrrole nitrogens is 2. The molecule has 0 unspecified atom stereocenters. The van der Waals surface area contributed by atoms with Crippen LogP contribution in [0.2, 0.25) is 0 Å². The number of rotatable bonds is 1. The molecular weight excluding hydrogens is 309 g/mol. The zero-order chi connectivity index (χ0) is 17.0. The van der Waals surface area contributed by atoms with Crippen LogP contribution < -0.4 is 11.3 Å². The van der Waals surface area contributed by atoms with Crippen LogP contribution in [0, 0.1) is 19.7 Å². The van der Waals surface area contributed by atoms with Crippen LogP contribution in [0.3, 0.4) is 0 Å². The van der Waals surface area contributed by atoms with Crippen LogP contribution in [-0.2, 0) is 0 Å². The molecule has 0 aliphatic heterocycles. The summed E-state index contributed by atoms with van der Waals surface area (Å²) in [6.45, 7) is 3.71. The molecule has 0 saturated heterocycles. The fourth-order valence-electron chi connectivity index (χ4n) is 3.10. The first-order chi connectivity index (χ1) is 11.5. The minimum atomic E-state index is -0.409. The van der Waals surface area contributed by atoms with Gasteiger partial charge < -0.3 is 10.7 Å². The van der Waals surface area contributed by atoms with Crippen LogP contribution in [0.25, 0.3) is 32.9 Å². The Kier molecular flexibility index (Phi) is 2.93. The summed E-state index contributed by atoms with van der Waals surface area (Å²) < 4.78 is 14.0. The number of aromatic amines is 2. The molecule has 3 heterocycles. The van der Waals surface area contributed by atoms with E-state index in [4.69, 9.17) is 5.73 Å². The van der Waals surface area contributed by atoms with Gasteiger partial charge in [-0.25, -0.2) is 4.39 Å². The molecule has 4 aromatic rings. The second-order valence-corrected chi connectivity index (χ2v) is 5.77. The number of pyridine rings is 2. The van der Waals surface area contributed by atoms with Gasteiger partial charge in [0.05, 0.1) is 17.4 Å². The molecule has 6 nitrogen and oxygen atoms in total. The van der Waals surface area contributed by atoms with Crippen molar-refractivity contribution in [2.75, 3.05) is 5.73 Å². The van der Waals surface area contributed by atoms with Gasteiger partial charge in [0, 0.05) is 22.5 Å². The van der Waals surface area contributed by atoms with Crippen molar-refractivity contribution in [2.45, 2.75) is 13.8 Å². The van der Waals surface area contributed by atoms with Crippen molar-refractivity contribution >= 4 is 27.5 Å². The van der Waals surface area contributed by atoms with E-state index in [1.165, 1.54) is 12.3 Å². The van der Waals surface area contributed by atoms with Gasteiger partial charge in [-0.2, -0.15) is 5.10 Å². The summed E-state index contributed by atoms with van der Waals surface area (Å²) >= 11 is 0. The second-order valence-electron chi connectivity index (χ2n) is 5.77. The van der Waals surface area contributed by atoms with Gasteiger partial charge in [0.1, 0.15) is 17.0 Å². The van der Waals surface area contributed by atoms with Crippen molar-refractivity contribution in [1.29, 1.82) is 0 Å². The molecule has 0 atom stereocenters. The topological polar surface area (TPSA) is 100 Å². The number of halogens is 1. The summed E-state index contributed by atoms with van der Waals surface area (Å²) in [4.78, 5) is 19.4. The minimum Gasteiger partial charge on any atom is -0.394 e. The summed E-state index contributed by atoms with van der Waals surface area (Å²) in [5.74, 6) is -0.409. The highest BCUT2D eigenvalue weighted by Gasteiger charge is 2.19. The highest BCUT2D eigenvalue weighted by atomic mass is 19.1. The van der Waals surface area contributed by atoms with E-state index in [9.17, 15) is 9.18 Å². The largest absolute Gasteiger partial charge is 0.394 e. The molecule has 4 N–H and O–H groups in total. The molecule has 7 heteroatoms. The number of aryl methyl sites for hydroxylation is 2. The molecule has 4 rings (SSSR count). The molecule has 0 radical (unpaired) electrons. The van der Waals surface area contributed by atoms with Gasteiger partial charge in [0.15, 0.2) is 0 Å². The maximum atomic E-state index is 14.0. The number of hydrogen-bond donors (Lipinski definition) is 3. The fraction of sp³-hybridized carbons (Fsp3) is 0.118. The molecule has 1 aromatic carbocycles. The summed E-state index contributed by atoms with van der Waals surface area (Å²) in [6, 6.07) is 2.96. The molecule has 0 aliphatic carbocycles. The van der Waals surface area contributed by atoms with Gasteiger partial charge >= 0.3 is 0 Å². The van der Waals surface area contributed by atoms with E-state index >= 15 is 0 Å². The quantitative estimate of drug-likeness (QED) is 0.501. The maximum absolute atomic E-state index is 14.0. The molecule has 0 fully saturated rings. The van der Waals surface area contributed by atoms with Gasteiger partial charge in [-0.05, 0) is 31.0 Å². The van der Waals surface area contributed by atoms with Crippen LogP contribution in [0.15, 0.2) is 29.3 Å². The summed E-state index contributed by atoms with van der Waals surface area (Å²) in [6.07, 6.45) is 3.26. The van der Waals surface area contributed by atoms with Crippen LogP contribution in [0.1, 0.15) is 11.3 Å². The van der Waals surface area contributed by atoms with Crippen molar-refractivity contribution in [3.8, 4) is 11.1 Å². The Labute approximate surface area is 135 Å². The van der Waals surface area contributed by atoms with Gasteiger partial charge in [0.2, 0.25) is 0 Å². The van der Waals surface area contributed by atoms with E-state index in [0.717, 1.165) is 10.9 Å². The maximum Gasteiger partial charge on any atom is 0.272 e. The Morgan fingerprint density at radius 3 is 2.75 bits per heavy atom. The smallest absolute Gasteiger partial charge is 0.272 e. The highest BCUT2D eigenvalue weighted by molar-refractivity contribution is 6.08. The predicted octanol–water partition coefficient (Wildman–Crippen LogP) is 2.80. The Morgan fingerprint density at radius 2 is 1.96 bits per heavy atom. The number of aromatic nitrogens is 4. The van der Waals surface area contributed by atoms with Gasteiger partial charge in [-0.15, -0.1) is 0 Å². The van der Waals surface area contributed by atoms with E-state index in [1.807, 2.05) is 13.8 Å². The van der Waals surface area contributed by atoms with Crippen LogP contribution in [0.4, 0.5) is 10.1 Å². The van der Waals surface area contributed by atoms with Crippen molar-refractivity contribution in [3.05, 3.63) is 52.0 Å². The van der Waals surface area contributed by atoms with Crippen molar-refractivity contribution in [1.82, 2.24) is 20.2 Å². The summed E-state index contributed by atoms with van der Waals surface area (Å²) in [5.41, 5.74) is 9.51. The summed E-state index contributed by atoms with van der Waals surface area (Å²) in [7, 11) is 0. The molecule has 0 aliphatic rings. The average molecular weight is 323 g/mol. The molecule has 0 amide bonds. The van der Waals surface area contributed by atoms with E-state index < -0.39 is 11.4 Å². The van der Waals surface area contributed by atoms with E-state index in [-0.39, 0.29) is 11.2 Å². The van der Waals surface area contributed by atoms with Crippen LogP contribution >= 0.6 is 0 Å². The standard InChI is InChI=1S/C17H14FN5O/c1-7-5-20-8(2)15-12(7)13(14(19)17(24)22-15)9-3-4-11(18)16-10(9)6-21-23-16/h3-6H,19H2,1-2H3,(H,21,23)(H,22,24). The zero-order valence-corrected chi connectivity index (χ0v) is 13.1. The summed E-state index contributed by atoms with van der Waals surface area (Å²) in [5, 5.41) is 7.93. The van der Waals surface area contributed by atoms with Crippen LogP contribution in [-0.4, -0.2) is 20.2 Å². The third-order valence-corrected chi connectivity index (χ3v) is 4.29. The van der Waals surface area contributed by atoms with Crippen molar-refractivity contribution in [2.24, 2.45) is 0 Å². The lowest BCUT2D eigenvalue weighted by Crippen LogP contribution is -2.15. The molecular formula is C17H14FN5O. The Morgan fingerprint density at radius 1 is 1.17 bits per heavy atom. The second kappa shape index (κ2) is 4.89. The zero-order valence-electron chi connectivity index (χ0n) is 13.1. The number of nitrogens with two attached hydrogens (primary N) is 1. The molecule has 3 aromatic heterocycles. The Hall–Kier alpha value is -3.22. The third kappa shape index (κ3) is 1.84. The number of nitrogen functional groups attached to an aromatic ring is 1. The first-order valence-corrected chi connectivity index (χ1v) is 7.38. The van der Waals surface area contributed by atoms with E-state index in [0.29, 0.717) is 27.7 Å². The SMILES string of the molecule is Cc1ncc(C)c2c(-c3ccc(F)c4[nH]ncc34)c(N)c(=O)[nH]c12. The lowest BCUT2D eigenvalue weighted by Gasteiger charge is -2.14. The third-order valence-electron chi connectivity index (χ3n) is 4.29.